The van der Waals surface area contributed by atoms with E-state index in [0.29, 0.717) is 36.5 Å². The normalized spacial score (nSPS) is 16.4. The maximum Gasteiger partial charge on any atom is 0.243 e. The Balaban J connectivity index is 1.64. The fraction of sp³-hybridized carbons (Fsp3) is 0.294. The van der Waals surface area contributed by atoms with Crippen molar-refractivity contribution in [1.82, 2.24) is 14.3 Å². The van der Waals surface area contributed by atoms with Crippen LogP contribution >= 0.6 is 11.3 Å². The molecule has 0 spiro atoms. The molecule has 3 heterocycles. The summed E-state index contributed by atoms with van der Waals surface area (Å²) in [5, 5.41) is 3.57. The molecule has 130 valence electrons. The van der Waals surface area contributed by atoms with Crippen molar-refractivity contribution in [3.8, 4) is 0 Å². The minimum absolute atomic E-state index is 0.337. The molecule has 1 aliphatic rings. The number of aromatic nitrogens is 2. The highest BCUT2D eigenvalue weighted by Gasteiger charge is 2.30. The number of thiazole rings is 1. The quantitative estimate of drug-likeness (QED) is 0.705. The first kappa shape index (κ1) is 16.4. The van der Waals surface area contributed by atoms with Crippen LogP contribution in [-0.4, -0.2) is 48.9 Å². The molecule has 0 radical (unpaired) electrons. The summed E-state index contributed by atoms with van der Waals surface area (Å²) < 4.78 is 27.9. The first-order valence-corrected chi connectivity index (χ1v) is 10.4. The fourth-order valence-electron chi connectivity index (χ4n) is 3.14. The van der Waals surface area contributed by atoms with Crippen molar-refractivity contribution in [2.75, 3.05) is 31.1 Å². The topological polar surface area (TPSA) is 66.4 Å². The molecule has 2 aromatic heterocycles. The Labute approximate surface area is 150 Å². The maximum absolute atomic E-state index is 13.2. The van der Waals surface area contributed by atoms with Crippen molar-refractivity contribution in [3.05, 3.63) is 47.6 Å². The van der Waals surface area contributed by atoms with Gasteiger partial charge in [-0.3, -0.25) is 4.98 Å². The van der Waals surface area contributed by atoms with Gasteiger partial charge in [-0.15, -0.1) is 11.3 Å². The minimum atomic E-state index is -3.55. The third-order valence-electron chi connectivity index (χ3n) is 4.48. The van der Waals surface area contributed by atoms with Crippen molar-refractivity contribution in [3.63, 3.8) is 0 Å². The number of anilines is 1. The summed E-state index contributed by atoms with van der Waals surface area (Å²) in [6, 6.07) is 7.13. The second kappa shape index (κ2) is 6.36. The molecule has 0 bridgehead atoms. The zero-order valence-electron chi connectivity index (χ0n) is 13.8. The van der Waals surface area contributed by atoms with Gasteiger partial charge in [-0.1, -0.05) is 6.07 Å². The monoisotopic (exact) mass is 374 g/mol. The molecule has 1 aliphatic heterocycles. The molecule has 1 fully saturated rings. The summed E-state index contributed by atoms with van der Waals surface area (Å²) >= 11 is 1.58. The average Bonchev–Trinajstić information content (AvgIpc) is 3.17. The highest BCUT2D eigenvalue weighted by atomic mass is 32.2. The molecule has 0 saturated carbocycles. The van der Waals surface area contributed by atoms with Gasteiger partial charge in [-0.05, 0) is 30.7 Å². The van der Waals surface area contributed by atoms with E-state index in [0.717, 1.165) is 16.2 Å². The molecule has 1 saturated heterocycles. The van der Waals surface area contributed by atoms with Crippen LogP contribution in [0.5, 0.6) is 0 Å². The van der Waals surface area contributed by atoms with E-state index in [4.69, 9.17) is 0 Å². The molecule has 4 rings (SSSR count). The Bertz CT molecular complexity index is 995. The van der Waals surface area contributed by atoms with Crippen molar-refractivity contribution in [2.45, 2.75) is 11.8 Å². The molecule has 0 N–H and O–H groups in total. The van der Waals surface area contributed by atoms with Crippen molar-refractivity contribution < 1.29 is 8.42 Å². The van der Waals surface area contributed by atoms with E-state index in [2.05, 4.69) is 14.9 Å². The number of nitrogens with zero attached hydrogens (tertiary/aromatic N) is 4. The van der Waals surface area contributed by atoms with Crippen molar-refractivity contribution in [1.29, 1.82) is 0 Å². The molecule has 6 nitrogen and oxygen atoms in total. The van der Waals surface area contributed by atoms with Crippen LogP contribution in [0.25, 0.3) is 10.9 Å². The Hall–Kier alpha value is -2.03. The van der Waals surface area contributed by atoms with Crippen LogP contribution in [-0.2, 0) is 10.0 Å². The lowest BCUT2D eigenvalue weighted by Gasteiger charge is -2.34. The number of aryl methyl sites for hydroxylation is 1. The standard InChI is InChI=1S/C17H18N4O2S2/c1-13-4-5-15(14-3-2-6-18-16(13)14)25(22,23)21-10-8-20(9-11-21)17-19-7-12-24-17/h2-7,12H,8-11H2,1H3. The molecule has 0 aliphatic carbocycles. The van der Waals surface area contributed by atoms with Crippen molar-refractivity contribution in [2.24, 2.45) is 0 Å². The number of benzene rings is 1. The van der Waals surface area contributed by atoms with Crippen LogP contribution in [0.1, 0.15) is 5.56 Å². The van der Waals surface area contributed by atoms with Crippen LogP contribution in [0.15, 0.2) is 46.9 Å². The van der Waals surface area contributed by atoms with Crippen LogP contribution in [0.3, 0.4) is 0 Å². The van der Waals surface area contributed by atoms with Crippen LogP contribution in [0.4, 0.5) is 5.13 Å². The second-order valence-corrected chi connectivity index (χ2v) is 8.77. The largest absolute Gasteiger partial charge is 0.345 e. The van der Waals surface area contributed by atoms with Crippen LogP contribution in [0.2, 0.25) is 0 Å². The first-order chi connectivity index (χ1) is 12.1. The number of pyridine rings is 1. The second-order valence-electron chi connectivity index (χ2n) is 5.99. The SMILES string of the molecule is Cc1ccc(S(=O)(=O)N2CCN(c3nccs3)CC2)c2cccnc12. The number of sulfonamides is 1. The van der Waals surface area contributed by atoms with E-state index >= 15 is 0 Å². The van der Waals surface area contributed by atoms with Gasteiger partial charge in [0.25, 0.3) is 0 Å². The summed E-state index contributed by atoms with van der Waals surface area (Å²) in [4.78, 5) is 11.1. The van der Waals surface area contributed by atoms with Gasteiger partial charge in [0.2, 0.25) is 10.0 Å². The van der Waals surface area contributed by atoms with Gasteiger partial charge in [-0.2, -0.15) is 4.31 Å². The number of hydrogen-bond acceptors (Lipinski definition) is 6. The molecular weight excluding hydrogens is 356 g/mol. The van der Waals surface area contributed by atoms with Crippen molar-refractivity contribution >= 4 is 37.4 Å². The van der Waals surface area contributed by atoms with Gasteiger partial charge in [0.05, 0.1) is 10.4 Å². The summed E-state index contributed by atoms with van der Waals surface area (Å²) in [5.41, 5.74) is 1.72. The zero-order valence-corrected chi connectivity index (χ0v) is 15.4. The summed E-state index contributed by atoms with van der Waals surface area (Å²) in [6.07, 6.45) is 3.47. The Kier molecular flexibility index (Phi) is 4.18. The predicted octanol–water partition coefficient (Wildman–Crippen LogP) is 2.51. The van der Waals surface area contributed by atoms with E-state index in [-0.39, 0.29) is 0 Å². The lowest BCUT2D eigenvalue weighted by molar-refractivity contribution is 0.385. The molecule has 0 atom stereocenters. The lowest BCUT2D eigenvalue weighted by Crippen LogP contribution is -2.48. The Morgan fingerprint density at radius 3 is 2.56 bits per heavy atom. The van der Waals surface area contributed by atoms with Gasteiger partial charge in [0, 0.05) is 49.3 Å². The molecule has 8 heteroatoms. The highest BCUT2D eigenvalue weighted by molar-refractivity contribution is 7.89. The summed E-state index contributed by atoms with van der Waals surface area (Å²) in [6.45, 7) is 4.15. The number of piperazine rings is 1. The molecule has 0 amide bonds. The first-order valence-electron chi connectivity index (χ1n) is 8.06. The molecule has 0 unspecified atom stereocenters. The van der Waals surface area contributed by atoms with E-state index in [1.807, 2.05) is 24.4 Å². The van der Waals surface area contributed by atoms with Gasteiger partial charge in [-0.25, -0.2) is 13.4 Å². The zero-order chi connectivity index (χ0) is 17.4. The third-order valence-corrected chi connectivity index (χ3v) is 7.27. The number of hydrogen-bond donors (Lipinski definition) is 0. The molecule has 3 aromatic rings. The van der Waals surface area contributed by atoms with E-state index < -0.39 is 10.0 Å². The van der Waals surface area contributed by atoms with Gasteiger partial charge >= 0.3 is 0 Å². The van der Waals surface area contributed by atoms with Crippen LogP contribution < -0.4 is 4.90 Å². The number of rotatable bonds is 3. The maximum atomic E-state index is 13.2. The van der Waals surface area contributed by atoms with Gasteiger partial charge < -0.3 is 4.90 Å². The number of fused-ring (bicyclic) bond motifs is 1. The Morgan fingerprint density at radius 2 is 1.84 bits per heavy atom. The summed E-state index contributed by atoms with van der Waals surface area (Å²) in [7, 11) is -3.55. The Morgan fingerprint density at radius 1 is 1.04 bits per heavy atom. The van der Waals surface area contributed by atoms with E-state index in [1.54, 1.807) is 40.2 Å². The predicted molar refractivity (Wildman–Crippen MR) is 99.6 cm³/mol. The minimum Gasteiger partial charge on any atom is -0.345 e. The lowest BCUT2D eigenvalue weighted by atomic mass is 10.1. The third kappa shape index (κ3) is 2.90. The fourth-order valence-corrected chi connectivity index (χ4v) is 5.45. The molecule has 25 heavy (non-hydrogen) atoms. The smallest absolute Gasteiger partial charge is 0.243 e. The van der Waals surface area contributed by atoms with E-state index in [9.17, 15) is 8.42 Å². The molecular formula is C17H18N4O2S2. The van der Waals surface area contributed by atoms with E-state index in [1.165, 1.54) is 0 Å². The van der Waals surface area contributed by atoms with Crippen LogP contribution in [0, 0.1) is 6.92 Å². The summed E-state index contributed by atoms with van der Waals surface area (Å²) in [5.74, 6) is 0. The highest BCUT2D eigenvalue weighted by Crippen LogP contribution is 2.28. The molecule has 1 aromatic carbocycles. The van der Waals surface area contributed by atoms with Gasteiger partial charge in [0.1, 0.15) is 0 Å². The van der Waals surface area contributed by atoms with Gasteiger partial charge in [0.15, 0.2) is 5.13 Å². The average molecular weight is 374 g/mol.